The molecule has 4 nitrogen and oxygen atoms in total. The summed E-state index contributed by atoms with van der Waals surface area (Å²) in [6.45, 7) is 1.25. The van der Waals surface area contributed by atoms with Crippen molar-refractivity contribution in [2.75, 3.05) is 18.0 Å². The first kappa shape index (κ1) is 20.9. The summed E-state index contributed by atoms with van der Waals surface area (Å²) in [5.74, 6) is 0. The Hall–Kier alpha value is -1.31. The zero-order chi connectivity index (χ0) is 20.6. The molecule has 0 aliphatic carbocycles. The highest BCUT2D eigenvalue weighted by molar-refractivity contribution is 7.92. The molecule has 1 saturated heterocycles. The molecule has 3 aromatic rings. The van der Waals surface area contributed by atoms with Crippen LogP contribution in [-0.2, 0) is 9.84 Å². The Bertz CT molecular complexity index is 1120. The first-order valence-electron chi connectivity index (χ1n) is 9.00. The Kier molecular flexibility index (Phi) is 6.09. The molecule has 0 spiro atoms. The zero-order valence-electron chi connectivity index (χ0n) is 15.2. The van der Waals surface area contributed by atoms with Gasteiger partial charge in [0.1, 0.15) is 0 Å². The third-order valence-corrected chi connectivity index (χ3v) is 9.04. The maximum atomic E-state index is 13.0. The van der Waals surface area contributed by atoms with Gasteiger partial charge < -0.3 is 4.90 Å². The fraction of sp³-hybridized carbons (Fsp3) is 0.250. The van der Waals surface area contributed by atoms with E-state index in [-0.39, 0.29) is 9.92 Å². The average molecular weight is 488 g/mol. The molecule has 2 heterocycles. The van der Waals surface area contributed by atoms with Crippen LogP contribution in [0.3, 0.4) is 0 Å². The highest BCUT2D eigenvalue weighted by atomic mass is 35.5. The second-order valence-corrected chi connectivity index (χ2v) is 11.1. The second-order valence-electron chi connectivity index (χ2n) is 6.84. The van der Waals surface area contributed by atoms with Gasteiger partial charge in [-0.25, -0.2) is 13.4 Å². The normalized spacial score (nSPS) is 15.6. The van der Waals surface area contributed by atoms with Crippen molar-refractivity contribution in [3.05, 3.63) is 62.9 Å². The van der Waals surface area contributed by atoms with Crippen LogP contribution in [0.2, 0.25) is 15.1 Å². The summed E-state index contributed by atoms with van der Waals surface area (Å²) in [5, 5.41) is 3.79. The van der Waals surface area contributed by atoms with Gasteiger partial charge in [-0.15, -0.1) is 11.3 Å². The molecule has 29 heavy (non-hydrogen) atoms. The molecule has 0 radical (unpaired) electrons. The molecule has 152 valence electrons. The van der Waals surface area contributed by atoms with Crippen molar-refractivity contribution in [3.8, 4) is 11.3 Å². The molecule has 0 N–H and O–H groups in total. The summed E-state index contributed by atoms with van der Waals surface area (Å²) in [6.07, 6.45) is 1.07. The van der Waals surface area contributed by atoms with Gasteiger partial charge in [-0.2, -0.15) is 0 Å². The van der Waals surface area contributed by atoms with Crippen molar-refractivity contribution in [2.45, 2.75) is 23.0 Å². The van der Waals surface area contributed by atoms with E-state index in [2.05, 4.69) is 4.90 Å². The van der Waals surface area contributed by atoms with E-state index in [4.69, 9.17) is 39.8 Å². The van der Waals surface area contributed by atoms with Crippen molar-refractivity contribution < 1.29 is 8.42 Å². The van der Waals surface area contributed by atoms with Gasteiger partial charge in [0, 0.05) is 34.1 Å². The number of rotatable bonds is 4. The number of piperidine rings is 1. The van der Waals surface area contributed by atoms with E-state index in [0.29, 0.717) is 36.0 Å². The molecule has 1 fully saturated rings. The van der Waals surface area contributed by atoms with E-state index in [0.717, 1.165) is 16.4 Å². The van der Waals surface area contributed by atoms with Crippen molar-refractivity contribution in [1.29, 1.82) is 0 Å². The summed E-state index contributed by atoms with van der Waals surface area (Å²) in [5.41, 5.74) is 1.67. The highest BCUT2D eigenvalue weighted by Gasteiger charge is 2.33. The molecule has 0 atom stereocenters. The van der Waals surface area contributed by atoms with Crippen molar-refractivity contribution >= 4 is 61.1 Å². The maximum absolute atomic E-state index is 13.0. The number of thiazole rings is 1. The number of sulfone groups is 1. The van der Waals surface area contributed by atoms with Crippen LogP contribution in [-0.4, -0.2) is 31.7 Å². The summed E-state index contributed by atoms with van der Waals surface area (Å²) in [6, 6.07) is 12.0. The van der Waals surface area contributed by atoms with Crippen molar-refractivity contribution in [2.24, 2.45) is 0 Å². The number of anilines is 1. The minimum Gasteiger partial charge on any atom is -0.348 e. The quantitative estimate of drug-likeness (QED) is 0.439. The largest absolute Gasteiger partial charge is 0.348 e. The third-order valence-electron chi connectivity index (χ3n) is 4.94. The molecule has 4 rings (SSSR count). The van der Waals surface area contributed by atoms with Crippen LogP contribution in [0.1, 0.15) is 12.8 Å². The fourth-order valence-corrected chi connectivity index (χ4v) is 7.13. The van der Waals surface area contributed by atoms with E-state index in [1.54, 1.807) is 30.3 Å². The monoisotopic (exact) mass is 486 g/mol. The van der Waals surface area contributed by atoms with Gasteiger partial charge in [-0.1, -0.05) is 46.9 Å². The highest BCUT2D eigenvalue weighted by Crippen LogP contribution is 2.34. The smallest absolute Gasteiger partial charge is 0.185 e. The van der Waals surface area contributed by atoms with Crippen LogP contribution in [0.25, 0.3) is 11.3 Å². The first-order chi connectivity index (χ1) is 13.8. The molecule has 0 amide bonds. The Morgan fingerprint density at radius 1 is 1.00 bits per heavy atom. The predicted molar refractivity (Wildman–Crippen MR) is 121 cm³/mol. The van der Waals surface area contributed by atoms with Gasteiger partial charge in [-0.05, 0) is 43.2 Å². The SMILES string of the molecule is O=S(=O)(c1ccccc1Cl)C1CCN(c2nc(-c3cc(Cl)cc(Cl)c3)cs2)CC1. The lowest BCUT2D eigenvalue weighted by Crippen LogP contribution is -2.39. The molecule has 0 saturated carbocycles. The van der Waals surface area contributed by atoms with E-state index >= 15 is 0 Å². The predicted octanol–water partition coefficient (Wildman–Crippen LogP) is 6.21. The zero-order valence-corrected chi connectivity index (χ0v) is 19.1. The van der Waals surface area contributed by atoms with Gasteiger partial charge in [0.15, 0.2) is 15.0 Å². The number of aromatic nitrogens is 1. The van der Waals surface area contributed by atoms with Gasteiger partial charge in [-0.3, -0.25) is 0 Å². The van der Waals surface area contributed by atoms with E-state index in [1.807, 2.05) is 17.5 Å². The Labute approximate surface area is 189 Å². The topological polar surface area (TPSA) is 50.3 Å². The molecule has 2 aromatic carbocycles. The average Bonchev–Trinajstić information content (AvgIpc) is 3.18. The van der Waals surface area contributed by atoms with Crippen LogP contribution < -0.4 is 4.90 Å². The fourth-order valence-electron chi connectivity index (χ4n) is 3.46. The molecule has 0 unspecified atom stereocenters. The van der Waals surface area contributed by atoms with Gasteiger partial charge in [0.05, 0.1) is 20.9 Å². The van der Waals surface area contributed by atoms with Crippen LogP contribution in [0.5, 0.6) is 0 Å². The molecule has 1 aliphatic heterocycles. The van der Waals surface area contributed by atoms with E-state index in [1.165, 1.54) is 11.3 Å². The summed E-state index contributed by atoms with van der Waals surface area (Å²) in [7, 11) is -3.45. The van der Waals surface area contributed by atoms with Crippen LogP contribution in [0.4, 0.5) is 5.13 Å². The van der Waals surface area contributed by atoms with Gasteiger partial charge in [0.25, 0.3) is 0 Å². The molecular formula is C20H17Cl3N2O2S2. The van der Waals surface area contributed by atoms with Crippen LogP contribution in [0, 0.1) is 0 Å². The molecule has 9 heteroatoms. The number of hydrogen-bond acceptors (Lipinski definition) is 5. The number of benzene rings is 2. The Morgan fingerprint density at radius 3 is 2.31 bits per heavy atom. The minimum atomic E-state index is -3.45. The van der Waals surface area contributed by atoms with Crippen LogP contribution in [0.15, 0.2) is 52.7 Å². The summed E-state index contributed by atoms with van der Waals surface area (Å²) in [4.78, 5) is 7.04. The third kappa shape index (κ3) is 4.42. The van der Waals surface area contributed by atoms with Gasteiger partial charge >= 0.3 is 0 Å². The lowest BCUT2D eigenvalue weighted by atomic mass is 10.1. The van der Waals surface area contributed by atoms with E-state index < -0.39 is 15.1 Å². The minimum absolute atomic E-state index is 0.217. The summed E-state index contributed by atoms with van der Waals surface area (Å²) < 4.78 is 25.9. The van der Waals surface area contributed by atoms with Crippen molar-refractivity contribution in [1.82, 2.24) is 4.98 Å². The number of hydrogen-bond donors (Lipinski definition) is 0. The van der Waals surface area contributed by atoms with Gasteiger partial charge in [0.2, 0.25) is 0 Å². The molecular weight excluding hydrogens is 471 g/mol. The molecule has 1 aliphatic rings. The van der Waals surface area contributed by atoms with Crippen molar-refractivity contribution in [3.63, 3.8) is 0 Å². The second kappa shape index (κ2) is 8.44. The van der Waals surface area contributed by atoms with E-state index in [9.17, 15) is 8.42 Å². The molecule has 0 bridgehead atoms. The Morgan fingerprint density at radius 2 is 1.66 bits per heavy atom. The lowest BCUT2D eigenvalue weighted by molar-refractivity contribution is 0.529. The lowest BCUT2D eigenvalue weighted by Gasteiger charge is -2.31. The molecule has 1 aromatic heterocycles. The summed E-state index contributed by atoms with van der Waals surface area (Å²) >= 11 is 19.8. The Balaban J connectivity index is 1.48. The number of nitrogens with zero attached hydrogens (tertiary/aromatic N) is 2. The first-order valence-corrected chi connectivity index (χ1v) is 12.6. The standard InChI is InChI=1S/C20H17Cl3N2O2S2/c21-14-9-13(10-15(22)11-14)18-12-28-20(24-18)25-7-5-16(6-8-25)29(26,27)19-4-2-1-3-17(19)23/h1-4,9-12,16H,5-8H2. The number of halogens is 3. The van der Waals surface area contributed by atoms with Crippen LogP contribution >= 0.6 is 46.1 Å². The maximum Gasteiger partial charge on any atom is 0.185 e.